The van der Waals surface area contributed by atoms with Gasteiger partial charge in [-0.2, -0.15) is 0 Å². The average Bonchev–Trinajstić information content (AvgIpc) is 2.77. The minimum Gasteiger partial charge on any atom is -0.297 e. The Morgan fingerprint density at radius 2 is 1.96 bits per heavy atom. The first-order valence-corrected chi connectivity index (χ1v) is 7.68. The van der Waals surface area contributed by atoms with Gasteiger partial charge in [-0.25, -0.2) is 0 Å². The number of amides is 4. The normalized spacial score (nSPS) is 14.9. The van der Waals surface area contributed by atoms with Gasteiger partial charge in [-0.05, 0) is 24.0 Å². The molecule has 0 saturated carbocycles. The van der Waals surface area contributed by atoms with Gasteiger partial charge in [0.2, 0.25) is 12.3 Å². The Bertz CT molecular complexity index is 667. The Labute approximate surface area is 134 Å². The van der Waals surface area contributed by atoms with Crippen LogP contribution in [-0.2, 0) is 9.59 Å². The predicted molar refractivity (Wildman–Crippen MR) is 83.9 cm³/mol. The zero-order valence-corrected chi connectivity index (χ0v) is 13.5. The van der Waals surface area contributed by atoms with E-state index in [-0.39, 0.29) is 12.3 Å². The average molecular weight is 316 g/mol. The van der Waals surface area contributed by atoms with Crippen LogP contribution in [0.3, 0.4) is 0 Å². The number of carbonyl (C=O) groups is 4. The summed E-state index contributed by atoms with van der Waals surface area (Å²) in [6.07, 6.45) is 1.17. The molecule has 2 rings (SSSR count). The smallest absolute Gasteiger partial charge is 0.262 e. The lowest BCUT2D eigenvalue weighted by Crippen LogP contribution is -2.49. The van der Waals surface area contributed by atoms with Gasteiger partial charge in [0, 0.05) is 0 Å². The number of rotatable bonds is 6. The Kier molecular flexibility index (Phi) is 4.93. The lowest BCUT2D eigenvalue weighted by Gasteiger charge is -2.24. The summed E-state index contributed by atoms with van der Waals surface area (Å²) in [6, 6.07) is 4.18. The highest BCUT2D eigenvalue weighted by molar-refractivity contribution is 6.23. The number of hydrogen-bond acceptors (Lipinski definition) is 4. The highest BCUT2D eigenvalue weighted by Crippen LogP contribution is 2.32. The van der Waals surface area contributed by atoms with Crippen molar-refractivity contribution in [2.75, 3.05) is 0 Å². The Hall–Kier alpha value is -2.50. The summed E-state index contributed by atoms with van der Waals surface area (Å²) in [6.45, 7) is 5.73. The molecular formula is C17H20N2O4. The lowest BCUT2D eigenvalue weighted by atomic mass is 9.94. The molecule has 0 saturated heterocycles. The van der Waals surface area contributed by atoms with E-state index in [0.717, 1.165) is 10.5 Å². The van der Waals surface area contributed by atoms with Crippen molar-refractivity contribution in [3.8, 4) is 0 Å². The third-order valence-corrected chi connectivity index (χ3v) is 3.98. The number of benzene rings is 1. The van der Waals surface area contributed by atoms with E-state index in [1.165, 1.54) is 0 Å². The second-order valence-electron chi connectivity index (χ2n) is 5.84. The molecule has 0 spiro atoms. The van der Waals surface area contributed by atoms with Gasteiger partial charge in [-0.3, -0.25) is 29.4 Å². The maximum absolute atomic E-state index is 12.8. The third kappa shape index (κ3) is 2.88. The van der Waals surface area contributed by atoms with E-state index in [2.05, 4.69) is 0 Å². The number of imide groups is 2. The zero-order chi connectivity index (χ0) is 17.1. The largest absolute Gasteiger partial charge is 0.297 e. The van der Waals surface area contributed by atoms with Crippen LogP contribution in [0.5, 0.6) is 0 Å². The first-order valence-electron chi connectivity index (χ1n) is 7.68. The van der Waals surface area contributed by atoms with Crippen LogP contribution in [0.15, 0.2) is 18.2 Å². The van der Waals surface area contributed by atoms with Crippen LogP contribution in [0.4, 0.5) is 0 Å². The minimum absolute atomic E-state index is 0.0788. The summed E-state index contributed by atoms with van der Waals surface area (Å²) in [5.74, 6) is -1.50. The molecule has 122 valence electrons. The van der Waals surface area contributed by atoms with Crippen molar-refractivity contribution >= 4 is 24.1 Å². The molecule has 1 heterocycles. The molecule has 4 amide bonds. The molecule has 1 aromatic carbocycles. The second kappa shape index (κ2) is 6.73. The third-order valence-electron chi connectivity index (χ3n) is 3.98. The Morgan fingerprint density at radius 3 is 2.52 bits per heavy atom. The van der Waals surface area contributed by atoms with Crippen molar-refractivity contribution in [1.82, 2.24) is 10.2 Å². The molecular weight excluding hydrogens is 296 g/mol. The number of nitrogens with zero attached hydrogens (tertiary/aromatic N) is 1. The summed E-state index contributed by atoms with van der Waals surface area (Å²) in [7, 11) is 0. The van der Waals surface area contributed by atoms with Gasteiger partial charge in [-0.1, -0.05) is 39.3 Å². The monoisotopic (exact) mass is 316 g/mol. The van der Waals surface area contributed by atoms with Gasteiger partial charge in [0.25, 0.3) is 11.8 Å². The van der Waals surface area contributed by atoms with Gasteiger partial charge < -0.3 is 0 Å². The topological polar surface area (TPSA) is 83.6 Å². The molecule has 0 radical (unpaired) electrons. The number of fused-ring (bicyclic) bond motifs is 1. The van der Waals surface area contributed by atoms with Crippen molar-refractivity contribution in [2.24, 2.45) is 0 Å². The zero-order valence-electron chi connectivity index (χ0n) is 13.5. The van der Waals surface area contributed by atoms with E-state index < -0.39 is 23.8 Å². The molecule has 0 aliphatic carbocycles. The SMILES string of the molecule is CCCC(C(=O)NC=O)N1C(=O)c2cccc(C(C)C)c2C1=O. The van der Waals surface area contributed by atoms with Crippen LogP contribution in [0.25, 0.3) is 0 Å². The molecule has 23 heavy (non-hydrogen) atoms. The predicted octanol–water partition coefficient (Wildman–Crippen LogP) is 1.85. The van der Waals surface area contributed by atoms with Crippen LogP contribution in [-0.4, -0.2) is 35.1 Å². The van der Waals surface area contributed by atoms with Crippen molar-refractivity contribution in [1.29, 1.82) is 0 Å². The summed E-state index contributed by atoms with van der Waals surface area (Å²) in [5.41, 5.74) is 1.48. The summed E-state index contributed by atoms with van der Waals surface area (Å²) >= 11 is 0. The quantitative estimate of drug-likeness (QED) is 0.641. The Morgan fingerprint density at radius 1 is 1.26 bits per heavy atom. The highest BCUT2D eigenvalue weighted by atomic mass is 16.2. The van der Waals surface area contributed by atoms with E-state index in [0.29, 0.717) is 24.0 Å². The molecule has 1 aromatic rings. The summed E-state index contributed by atoms with van der Waals surface area (Å²) in [4.78, 5) is 49.1. The minimum atomic E-state index is -0.974. The van der Waals surface area contributed by atoms with Crippen LogP contribution in [0.2, 0.25) is 0 Å². The van der Waals surface area contributed by atoms with E-state index in [1.54, 1.807) is 12.1 Å². The fraction of sp³-hybridized carbons (Fsp3) is 0.412. The highest BCUT2D eigenvalue weighted by Gasteiger charge is 2.43. The first-order chi connectivity index (χ1) is 10.9. The molecule has 1 aliphatic rings. The van der Waals surface area contributed by atoms with E-state index in [9.17, 15) is 19.2 Å². The molecule has 1 N–H and O–H groups in total. The van der Waals surface area contributed by atoms with Gasteiger partial charge in [0.05, 0.1) is 11.1 Å². The van der Waals surface area contributed by atoms with Crippen molar-refractivity contribution in [2.45, 2.75) is 45.6 Å². The van der Waals surface area contributed by atoms with Gasteiger partial charge in [-0.15, -0.1) is 0 Å². The maximum Gasteiger partial charge on any atom is 0.262 e. The Balaban J connectivity index is 2.48. The molecule has 1 atom stereocenters. The standard InChI is InChI=1S/C17H20N2O4/c1-4-6-13(15(21)18-9-20)19-16(22)12-8-5-7-11(10(2)3)14(12)17(19)23/h5,7-10,13H,4,6H2,1-3H3,(H,18,20,21). The summed E-state index contributed by atoms with van der Waals surface area (Å²) in [5, 5.41) is 2.05. The second-order valence-corrected chi connectivity index (χ2v) is 5.84. The van der Waals surface area contributed by atoms with Gasteiger partial charge >= 0.3 is 0 Å². The molecule has 0 bridgehead atoms. The molecule has 0 fully saturated rings. The van der Waals surface area contributed by atoms with E-state index in [4.69, 9.17) is 0 Å². The fourth-order valence-electron chi connectivity index (χ4n) is 2.90. The van der Waals surface area contributed by atoms with Crippen molar-refractivity contribution in [3.63, 3.8) is 0 Å². The molecule has 1 unspecified atom stereocenters. The first kappa shape index (κ1) is 16.9. The van der Waals surface area contributed by atoms with Gasteiger partial charge in [0.1, 0.15) is 6.04 Å². The number of nitrogens with one attached hydrogen (secondary N) is 1. The molecule has 0 aromatic heterocycles. The van der Waals surface area contributed by atoms with Crippen molar-refractivity contribution in [3.05, 3.63) is 34.9 Å². The lowest BCUT2D eigenvalue weighted by molar-refractivity contribution is -0.128. The van der Waals surface area contributed by atoms with Crippen LogP contribution in [0, 0.1) is 0 Å². The van der Waals surface area contributed by atoms with Crippen molar-refractivity contribution < 1.29 is 19.2 Å². The van der Waals surface area contributed by atoms with Crippen LogP contribution < -0.4 is 5.32 Å². The molecule has 6 heteroatoms. The number of hydrogen-bond donors (Lipinski definition) is 1. The van der Waals surface area contributed by atoms with E-state index in [1.807, 2.05) is 32.2 Å². The maximum atomic E-state index is 12.8. The van der Waals surface area contributed by atoms with E-state index >= 15 is 0 Å². The summed E-state index contributed by atoms with van der Waals surface area (Å²) < 4.78 is 0. The fourth-order valence-corrected chi connectivity index (χ4v) is 2.90. The number of carbonyl (C=O) groups excluding carboxylic acids is 4. The molecule has 6 nitrogen and oxygen atoms in total. The van der Waals surface area contributed by atoms with Crippen LogP contribution in [0.1, 0.15) is 65.8 Å². The van der Waals surface area contributed by atoms with Crippen LogP contribution >= 0.6 is 0 Å². The molecule has 1 aliphatic heterocycles. The van der Waals surface area contributed by atoms with Gasteiger partial charge in [0.15, 0.2) is 0 Å².